The van der Waals surface area contributed by atoms with Gasteiger partial charge in [0.2, 0.25) is 5.78 Å². The third kappa shape index (κ3) is 2.94. The van der Waals surface area contributed by atoms with Gasteiger partial charge in [-0.1, -0.05) is 24.3 Å². The first-order valence-corrected chi connectivity index (χ1v) is 10.6. The fourth-order valence-electron chi connectivity index (χ4n) is 4.39. The molecule has 9 heteroatoms. The number of carbonyl (C=O) groups excluding carboxylic acids is 2. The summed E-state index contributed by atoms with van der Waals surface area (Å²) in [6, 6.07) is 13.6. The number of aryl methyl sites for hydroxylation is 1. The van der Waals surface area contributed by atoms with Crippen LogP contribution in [0.1, 0.15) is 22.8 Å². The maximum absolute atomic E-state index is 13.3. The van der Waals surface area contributed by atoms with E-state index in [9.17, 15) is 24.3 Å². The van der Waals surface area contributed by atoms with Gasteiger partial charge < -0.3 is 14.6 Å². The lowest BCUT2D eigenvalue weighted by molar-refractivity contribution is -0.114. The zero-order chi connectivity index (χ0) is 24.1. The van der Waals surface area contributed by atoms with Crippen LogP contribution in [0.25, 0.3) is 28.2 Å². The number of aromatic amines is 2. The van der Waals surface area contributed by atoms with Crippen molar-refractivity contribution in [1.29, 1.82) is 0 Å². The summed E-state index contributed by atoms with van der Waals surface area (Å²) in [5.41, 5.74) is -0.271. The summed E-state index contributed by atoms with van der Waals surface area (Å²) in [4.78, 5) is 53.5. The normalized spacial score (nSPS) is 14.8. The molecule has 3 heterocycles. The number of pyridine rings is 1. The summed E-state index contributed by atoms with van der Waals surface area (Å²) in [6.45, 7) is 2.13. The molecule has 1 aliphatic rings. The van der Waals surface area contributed by atoms with Gasteiger partial charge in [-0.15, -0.1) is 0 Å². The van der Waals surface area contributed by atoms with Gasteiger partial charge in [0.15, 0.2) is 0 Å². The molecule has 170 valence electrons. The van der Waals surface area contributed by atoms with Crippen molar-refractivity contribution >= 4 is 34.4 Å². The topological polar surface area (TPSA) is 128 Å². The van der Waals surface area contributed by atoms with Crippen LogP contribution in [0.5, 0.6) is 5.75 Å². The Balaban J connectivity index is 1.77. The molecule has 0 saturated carbocycles. The smallest absolute Gasteiger partial charge is 0.271 e. The van der Waals surface area contributed by atoms with E-state index in [0.717, 1.165) is 0 Å². The minimum absolute atomic E-state index is 0.00457. The molecule has 1 amide bonds. The molecule has 4 aromatic rings. The van der Waals surface area contributed by atoms with E-state index in [-0.39, 0.29) is 28.1 Å². The largest absolute Gasteiger partial charge is 0.506 e. The van der Waals surface area contributed by atoms with Crippen molar-refractivity contribution in [2.24, 2.45) is 0 Å². The standard InChI is InChI=1S/C25H20N4O5/c1-3-29-18-11-7-5-9-14(18)22(31)19(25(29)34)20-15(23(32)27-26-20)12-16-21(30)13-8-4-6-10-17(13)28(2)24(16)33/h4-12,31H,3H2,1-2H3,(H2,26,27,32). The van der Waals surface area contributed by atoms with Gasteiger partial charge in [-0.05, 0) is 37.3 Å². The highest BCUT2D eigenvalue weighted by Gasteiger charge is 2.33. The quantitative estimate of drug-likeness (QED) is 0.323. The Labute approximate surface area is 192 Å². The Morgan fingerprint density at radius 1 is 0.971 bits per heavy atom. The predicted molar refractivity (Wildman–Crippen MR) is 128 cm³/mol. The van der Waals surface area contributed by atoms with Gasteiger partial charge in [-0.2, -0.15) is 0 Å². The second-order valence-corrected chi connectivity index (χ2v) is 7.93. The SMILES string of the molecule is CCn1c(=O)c(-c2[nH][nH]c(=O)c2C=C2C(=O)c3ccccc3N(C)C2=O)c(O)c2ccccc21. The van der Waals surface area contributed by atoms with Crippen molar-refractivity contribution in [3.05, 3.63) is 85.9 Å². The number of fused-ring (bicyclic) bond motifs is 2. The Morgan fingerprint density at radius 2 is 1.68 bits per heavy atom. The van der Waals surface area contributed by atoms with E-state index >= 15 is 0 Å². The van der Waals surface area contributed by atoms with Crippen LogP contribution in [0.3, 0.4) is 0 Å². The van der Waals surface area contributed by atoms with Gasteiger partial charge in [0.1, 0.15) is 11.3 Å². The van der Waals surface area contributed by atoms with Gasteiger partial charge in [-0.25, -0.2) is 0 Å². The molecule has 0 atom stereocenters. The molecule has 0 aliphatic carbocycles. The lowest BCUT2D eigenvalue weighted by Gasteiger charge is -2.26. The van der Waals surface area contributed by atoms with E-state index in [1.807, 2.05) is 0 Å². The summed E-state index contributed by atoms with van der Waals surface area (Å²) in [5, 5.41) is 16.5. The van der Waals surface area contributed by atoms with E-state index in [4.69, 9.17) is 0 Å². The molecule has 0 saturated heterocycles. The first-order valence-electron chi connectivity index (χ1n) is 10.6. The third-order valence-electron chi connectivity index (χ3n) is 6.11. The van der Waals surface area contributed by atoms with Crippen LogP contribution in [-0.4, -0.2) is 38.6 Å². The number of anilines is 1. The predicted octanol–water partition coefficient (Wildman–Crippen LogP) is 2.65. The molecule has 3 N–H and O–H groups in total. The Kier molecular flexibility index (Phi) is 4.82. The molecule has 0 radical (unpaired) electrons. The highest BCUT2D eigenvalue weighted by Crippen LogP contribution is 2.35. The fourth-order valence-corrected chi connectivity index (χ4v) is 4.39. The minimum Gasteiger partial charge on any atom is -0.506 e. The average molecular weight is 456 g/mol. The minimum atomic E-state index is -0.639. The maximum atomic E-state index is 13.3. The number of nitrogens with zero attached hydrogens (tertiary/aromatic N) is 2. The molecule has 2 aromatic carbocycles. The molecule has 1 aliphatic heterocycles. The van der Waals surface area contributed by atoms with E-state index in [2.05, 4.69) is 10.2 Å². The lowest BCUT2D eigenvalue weighted by atomic mass is 9.93. The van der Waals surface area contributed by atoms with E-state index in [1.165, 1.54) is 15.5 Å². The van der Waals surface area contributed by atoms with Crippen molar-refractivity contribution in [2.45, 2.75) is 13.5 Å². The van der Waals surface area contributed by atoms with E-state index in [0.29, 0.717) is 28.7 Å². The van der Waals surface area contributed by atoms with E-state index < -0.39 is 22.8 Å². The highest BCUT2D eigenvalue weighted by molar-refractivity contribution is 6.36. The summed E-state index contributed by atoms with van der Waals surface area (Å²) in [5.74, 6) is -1.41. The first-order chi connectivity index (χ1) is 16.3. The molecular formula is C25H20N4O5. The van der Waals surface area contributed by atoms with Crippen molar-refractivity contribution in [3.63, 3.8) is 0 Å². The molecule has 5 rings (SSSR count). The van der Waals surface area contributed by atoms with Crippen molar-refractivity contribution < 1.29 is 14.7 Å². The number of likely N-dealkylation sites (N-methyl/N-ethyl adjacent to an activating group) is 1. The summed E-state index contributed by atoms with van der Waals surface area (Å²) in [6.07, 6.45) is 1.17. The van der Waals surface area contributed by atoms with Gasteiger partial charge in [0, 0.05) is 24.5 Å². The average Bonchev–Trinajstić information content (AvgIpc) is 3.20. The second-order valence-electron chi connectivity index (χ2n) is 7.93. The van der Waals surface area contributed by atoms with Crippen LogP contribution in [0.4, 0.5) is 5.69 Å². The zero-order valence-electron chi connectivity index (χ0n) is 18.4. The Morgan fingerprint density at radius 3 is 2.44 bits per heavy atom. The van der Waals surface area contributed by atoms with Crippen LogP contribution >= 0.6 is 0 Å². The number of aromatic hydroxyl groups is 1. The second kappa shape index (κ2) is 7.73. The van der Waals surface area contributed by atoms with Crippen LogP contribution in [-0.2, 0) is 11.3 Å². The van der Waals surface area contributed by atoms with Crippen LogP contribution in [0, 0.1) is 0 Å². The number of ketones is 1. The number of amides is 1. The number of H-pyrrole nitrogens is 2. The number of carbonyl (C=O) groups is 2. The highest BCUT2D eigenvalue weighted by atomic mass is 16.3. The van der Waals surface area contributed by atoms with Crippen molar-refractivity contribution in [3.8, 4) is 17.0 Å². The van der Waals surface area contributed by atoms with Crippen molar-refractivity contribution in [1.82, 2.24) is 14.8 Å². The monoisotopic (exact) mass is 456 g/mol. The van der Waals surface area contributed by atoms with Crippen molar-refractivity contribution in [2.75, 3.05) is 11.9 Å². The summed E-state index contributed by atoms with van der Waals surface area (Å²) >= 11 is 0. The van der Waals surface area contributed by atoms with Gasteiger partial charge in [-0.3, -0.25) is 29.4 Å². The van der Waals surface area contributed by atoms with Crippen LogP contribution in [0.2, 0.25) is 0 Å². The molecule has 0 spiro atoms. The lowest BCUT2D eigenvalue weighted by Crippen LogP contribution is -2.36. The van der Waals surface area contributed by atoms with Gasteiger partial charge in [0.05, 0.1) is 28.0 Å². The Bertz CT molecular complexity index is 1650. The molecule has 2 aromatic heterocycles. The summed E-state index contributed by atoms with van der Waals surface area (Å²) in [7, 11) is 1.54. The van der Waals surface area contributed by atoms with Crippen LogP contribution < -0.4 is 16.0 Å². The molecular weight excluding hydrogens is 436 g/mol. The molecule has 34 heavy (non-hydrogen) atoms. The van der Waals surface area contributed by atoms with Crippen LogP contribution in [0.15, 0.2) is 63.7 Å². The molecule has 0 fully saturated rings. The number of para-hydroxylation sites is 2. The number of Topliss-reactive ketones (excluding diaryl/α,β-unsaturated/α-hetero) is 1. The number of hydrogen-bond donors (Lipinski definition) is 3. The zero-order valence-corrected chi connectivity index (χ0v) is 18.4. The maximum Gasteiger partial charge on any atom is 0.271 e. The number of nitrogens with one attached hydrogen (secondary N) is 2. The number of hydrogen-bond acceptors (Lipinski definition) is 5. The van der Waals surface area contributed by atoms with Gasteiger partial charge in [0.25, 0.3) is 17.0 Å². The summed E-state index contributed by atoms with van der Waals surface area (Å²) < 4.78 is 1.48. The van der Waals surface area contributed by atoms with Gasteiger partial charge >= 0.3 is 0 Å². The first kappa shape index (κ1) is 21.2. The Hall–Kier alpha value is -4.66. The number of aromatic nitrogens is 3. The third-order valence-corrected chi connectivity index (χ3v) is 6.11. The van der Waals surface area contributed by atoms with E-state index in [1.54, 1.807) is 62.5 Å². The fraction of sp³-hybridized carbons (Fsp3) is 0.120. The molecule has 0 unspecified atom stereocenters. The molecule has 9 nitrogen and oxygen atoms in total. The number of rotatable bonds is 3. The number of benzene rings is 2. The molecule has 0 bridgehead atoms.